The third-order valence-corrected chi connectivity index (χ3v) is 6.16. The van der Waals surface area contributed by atoms with Crippen molar-refractivity contribution in [3.63, 3.8) is 0 Å². The van der Waals surface area contributed by atoms with Gasteiger partial charge in [0.05, 0.1) is 33.4 Å². The second-order valence-electron chi connectivity index (χ2n) is 9.83. The van der Waals surface area contributed by atoms with Gasteiger partial charge in [0.2, 0.25) is 11.7 Å². The zero-order valence-electron chi connectivity index (χ0n) is 22.3. The van der Waals surface area contributed by atoms with E-state index in [0.717, 1.165) is 5.56 Å². The fourth-order valence-electron chi connectivity index (χ4n) is 3.90. The highest BCUT2D eigenvalue weighted by molar-refractivity contribution is 5.83. The first kappa shape index (κ1) is 29.9. The minimum atomic E-state index is -1.49. The van der Waals surface area contributed by atoms with Crippen LogP contribution in [-0.4, -0.2) is 67.6 Å². The Kier molecular flexibility index (Phi) is 10.7. The van der Waals surface area contributed by atoms with E-state index >= 15 is 0 Å². The molecule has 2 rings (SSSR count). The van der Waals surface area contributed by atoms with Gasteiger partial charge < -0.3 is 35.5 Å². The summed E-state index contributed by atoms with van der Waals surface area (Å²) in [6.07, 6.45) is -1.28. The fraction of sp³-hybridized carbons (Fsp3) is 0.481. The molecule has 1 amide bonds. The van der Waals surface area contributed by atoms with Crippen LogP contribution < -0.4 is 30.6 Å². The van der Waals surface area contributed by atoms with E-state index in [-0.39, 0.29) is 13.0 Å². The van der Waals surface area contributed by atoms with E-state index < -0.39 is 41.5 Å². The number of nitrogens with one attached hydrogen (secondary N) is 2. The molecule has 0 aromatic heterocycles. The Morgan fingerprint density at radius 1 is 0.973 bits per heavy atom. The van der Waals surface area contributed by atoms with Gasteiger partial charge in [-0.15, -0.1) is 0 Å². The Balaban J connectivity index is 2.32. The number of benzene rings is 2. The van der Waals surface area contributed by atoms with Crippen LogP contribution in [0.1, 0.15) is 31.9 Å². The Morgan fingerprint density at radius 2 is 1.59 bits per heavy atom. The smallest absolute Gasteiger partial charge is 0.323 e. The van der Waals surface area contributed by atoms with Gasteiger partial charge in [-0.05, 0) is 23.5 Å². The first-order chi connectivity index (χ1) is 17.4. The maximum absolute atomic E-state index is 12.9. The van der Waals surface area contributed by atoms with Crippen LogP contribution in [-0.2, 0) is 22.6 Å². The summed E-state index contributed by atoms with van der Waals surface area (Å²) >= 11 is 0. The van der Waals surface area contributed by atoms with Gasteiger partial charge in [-0.25, -0.2) is 0 Å². The first-order valence-corrected chi connectivity index (χ1v) is 12.0. The molecule has 10 nitrogen and oxygen atoms in total. The van der Waals surface area contributed by atoms with Gasteiger partial charge in [0.25, 0.3) is 0 Å². The standard InChI is InChI=1S/C27H39N3O7/c1-27(2,3)24(28)25(32)30-18(14-16-10-8-7-9-11-16)21(31)20(26(33)34)29-15-17-12-13-19(35-4)23(37-6)22(17)36-5/h7-13,18,20-21,24,29,31H,14-15,28H2,1-6H3,(H,30,32)(H,33,34)/t18-,20+,21+,24+/m0/s1. The number of carbonyl (C=O) groups is 2. The van der Waals surface area contributed by atoms with Crippen molar-refractivity contribution in [2.45, 2.75) is 58.0 Å². The number of carboxylic acids is 1. The van der Waals surface area contributed by atoms with E-state index in [1.165, 1.54) is 21.3 Å². The maximum atomic E-state index is 12.9. The Labute approximate surface area is 218 Å². The normalized spacial score (nSPS) is 14.7. The number of methoxy groups -OCH3 is 3. The van der Waals surface area contributed by atoms with Crippen molar-refractivity contribution in [2.75, 3.05) is 21.3 Å². The average Bonchev–Trinajstić information content (AvgIpc) is 2.86. The minimum absolute atomic E-state index is 0.0328. The molecule has 0 bridgehead atoms. The van der Waals surface area contributed by atoms with Gasteiger partial charge >= 0.3 is 5.97 Å². The molecule has 10 heteroatoms. The molecule has 0 radical (unpaired) electrons. The van der Waals surface area contributed by atoms with Gasteiger partial charge in [0.1, 0.15) is 12.1 Å². The molecule has 2 aromatic carbocycles. The third-order valence-electron chi connectivity index (χ3n) is 6.16. The van der Waals surface area contributed by atoms with Crippen LogP contribution in [0.15, 0.2) is 42.5 Å². The molecule has 204 valence electrons. The molecule has 0 aliphatic carbocycles. The lowest BCUT2D eigenvalue weighted by atomic mass is 9.86. The van der Waals surface area contributed by atoms with Crippen LogP contribution in [0.3, 0.4) is 0 Å². The zero-order chi connectivity index (χ0) is 27.8. The summed E-state index contributed by atoms with van der Waals surface area (Å²) in [5.74, 6) is -0.559. The van der Waals surface area contributed by atoms with Crippen LogP contribution in [0.4, 0.5) is 0 Å². The highest BCUT2D eigenvalue weighted by Gasteiger charge is 2.36. The first-order valence-electron chi connectivity index (χ1n) is 12.0. The number of hydrogen-bond donors (Lipinski definition) is 5. The molecule has 0 aliphatic rings. The van der Waals surface area contributed by atoms with Gasteiger partial charge in [0, 0.05) is 12.1 Å². The lowest BCUT2D eigenvalue weighted by Crippen LogP contribution is -2.60. The average molecular weight is 518 g/mol. The molecular formula is C27H39N3O7. The molecule has 37 heavy (non-hydrogen) atoms. The predicted octanol–water partition coefficient (Wildman–Crippen LogP) is 1.72. The second-order valence-corrected chi connectivity index (χ2v) is 9.83. The van der Waals surface area contributed by atoms with Crippen molar-refractivity contribution in [2.24, 2.45) is 11.1 Å². The van der Waals surface area contributed by atoms with Gasteiger partial charge in [-0.3, -0.25) is 14.9 Å². The van der Waals surface area contributed by atoms with Gasteiger partial charge in [0.15, 0.2) is 11.5 Å². The molecule has 2 aromatic rings. The number of carbonyl (C=O) groups excluding carboxylic acids is 1. The largest absolute Gasteiger partial charge is 0.493 e. The number of aliphatic hydroxyl groups is 1. The van der Waals surface area contributed by atoms with Crippen molar-refractivity contribution >= 4 is 11.9 Å². The van der Waals surface area contributed by atoms with Crippen molar-refractivity contribution in [3.8, 4) is 17.2 Å². The molecule has 0 spiro atoms. The van der Waals surface area contributed by atoms with E-state index in [1.807, 2.05) is 51.1 Å². The third kappa shape index (κ3) is 7.82. The molecule has 0 saturated carbocycles. The zero-order valence-corrected chi connectivity index (χ0v) is 22.3. The van der Waals surface area contributed by atoms with E-state index in [1.54, 1.807) is 12.1 Å². The summed E-state index contributed by atoms with van der Waals surface area (Å²) in [5, 5.41) is 26.9. The highest BCUT2D eigenvalue weighted by Crippen LogP contribution is 2.39. The molecule has 0 aliphatic heterocycles. The van der Waals surface area contributed by atoms with E-state index in [9.17, 15) is 19.8 Å². The summed E-state index contributed by atoms with van der Waals surface area (Å²) < 4.78 is 16.2. The van der Waals surface area contributed by atoms with Crippen molar-refractivity contribution in [3.05, 3.63) is 53.6 Å². The minimum Gasteiger partial charge on any atom is -0.493 e. The summed E-state index contributed by atoms with van der Waals surface area (Å²) in [4.78, 5) is 25.2. The molecule has 0 unspecified atom stereocenters. The molecule has 6 N–H and O–H groups in total. The Bertz CT molecular complexity index is 1040. The molecule has 0 heterocycles. The number of amides is 1. The number of aliphatic hydroxyl groups excluding tert-OH is 1. The number of nitrogens with two attached hydrogens (primary N) is 1. The molecular weight excluding hydrogens is 478 g/mol. The van der Waals surface area contributed by atoms with Crippen molar-refractivity contribution in [1.82, 2.24) is 10.6 Å². The summed E-state index contributed by atoms with van der Waals surface area (Å²) in [5.41, 5.74) is 7.02. The Morgan fingerprint density at radius 3 is 2.11 bits per heavy atom. The number of rotatable bonds is 13. The lowest BCUT2D eigenvalue weighted by molar-refractivity contribution is -0.144. The number of hydrogen-bond acceptors (Lipinski definition) is 8. The summed E-state index contributed by atoms with van der Waals surface area (Å²) in [6.45, 7) is 5.53. The molecule has 0 fully saturated rings. The van der Waals surface area contributed by atoms with E-state index in [0.29, 0.717) is 22.8 Å². The summed E-state index contributed by atoms with van der Waals surface area (Å²) in [7, 11) is 4.44. The topological polar surface area (TPSA) is 152 Å². The van der Waals surface area contributed by atoms with Crippen molar-refractivity contribution < 1.29 is 34.0 Å². The van der Waals surface area contributed by atoms with Crippen LogP contribution in [0, 0.1) is 5.41 Å². The maximum Gasteiger partial charge on any atom is 0.323 e. The van der Waals surface area contributed by atoms with Crippen LogP contribution in [0.2, 0.25) is 0 Å². The van der Waals surface area contributed by atoms with Gasteiger partial charge in [-0.1, -0.05) is 57.2 Å². The monoisotopic (exact) mass is 517 g/mol. The molecule has 4 atom stereocenters. The van der Waals surface area contributed by atoms with Crippen LogP contribution in [0.25, 0.3) is 0 Å². The fourth-order valence-corrected chi connectivity index (χ4v) is 3.90. The van der Waals surface area contributed by atoms with Crippen LogP contribution >= 0.6 is 0 Å². The van der Waals surface area contributed by atoms with Crippen LogP contribution in [0.5, 0.6) is 17.2 Å². The number of aliphatic carboxylic acids is 1. The summed E-state index contributed by atoms with van der Waals surface area (Å²) in [6, 6.07) is 9.38. The SMILES string of the molecule is COc1ccc(CN[C@@H](C(=O)O)[C@H](O)[C@H](Cc2ccccc2)NC(=O)[C@@H](N)C(C)(C)C)c(OC)c1OC. The van der Waals surface area contributed by atoms with E-state index in [2.05, 4.69) is 10.6 Å². The lowest BCUT2D eigenvalue weighted by Gasteiger charge is -2.32. The Hall–Kier alpha value is -3.34. The number of ether oxygens (including phenoxy) is 3. The van der Waals surface area contributed by atoms with Crippen molar-refractivity contribution in [1.29, 1.82) is 0 Å². The number of carboxylic acid groups (broad SMARTS) is 1. The van der Waals surface area contributed by atoms with Gasteiger partial charge in [-0.2, -0.15) is 0 Å². The molecule has 0 saturated heterocycles. The quantitative estimate of drug-likeness (QED) is 0.267. The second kappa shape index (κ2) is 13.3. The highest BCUT2D eigenvalue weighted by atomic mass is 16.5. The predicted molar refractivity (Wildman–Crippen MR) is 140 cm³/mol. The van der Waals surface area contributed by atoms with E-state index in [4.69, 9.17) is 19.9 Å².